The van der Waals surface area contributed by atoms with Crippen LogP contribution in [0.15, 0.2) is 22.1 Å². The van der Waals surface area contributed by atoms with Gasteiger partial charge in [0.25, 0.3) is 10.0 Å². The van der Waals surface area contributed by atoms with Gasteiger partial charge in [-0.05, 0) is 13.3 Å². The van der Waals surface area contributed by atoms with Crippen LogP contribution in [0.2, 0.25) is 0 Å². The molecule has 1 unspecified atom stereocenters. The van der Waals surface area contributed by atoms with Gasteiger partial charge in [-0.1, -0.05) is 5.16 Å². The van der Waals surface area contributed by atoms with Gasteiger partial charge in [-0.15, -0.1) is 0 Å². The number of imidazole rings is 1. The predicted molar refractivity (Wildman–Crippen MR) is 68.4 cm³/mol. The van der Waals surface area contributed by atoms with Crippen LogP contribution in [0.3, 0.4) is 0 Å². The van der Waals surface area contributed by atoms with Gasteiger partial charge in [0.15, 0.2) is 10.9 Å². The molecular weight excluding hydrogens is 282 g/mol. The monoisotopic (exact) mass is 297 g/mol. The summed E-state index contributed by atoms with van der Waals surface area (Å²) in [7, 11) is -1.78. The third-order valence-corrected chi connectivity index (χ3v) is 5.32. The number of sulfonamides is 1. The summed E-state index contributed by atoms with van der Waals surface area (Å²) in [6.07, 6.45) is 3.48. The molecule has 0 aromatic carbocycles. The van der Waals surface area contributed by atoms with Crippen LogP contribution < -0.4 is 0 Å². The van der Waals surface area contributed by atoms with Crippen molar-refractivity contribution in [2.24, 2.45) is 7.05 Å². The molecule has 1 fully saturated rings. The zero-order chi connectivity index (χ0) is 14.3. The molecule has 2 aromatic heterocycles. The maximum absolute atomic E-state index is 12.5. The minimum Gasteiger partial charge on any atom is -0.343 e. The Morgan fingerprint density at radius 3 is 2.85 bits per heavy atom. The third-order valence-electron chi connectivity index (χ3n) is 3.59. The summed E-state index contributed by atoms with van der Waals surface area (Å²) in [5.41, 5.74) is 0. The maximum atomic E-state index is 12.5. The molecule has 0 bridgehead atoms. The molecule has 1 saturated heterocycles. The molecule has 0 saturated carbocycles. The summed E-state index contributed by atoms with van der Waals surface area (Å²) in [4.78, 5) is 8.08. The van der Waals surface area contributed by atoms with E-state index in [1.807, 2.05) is 0 Å². The Balaban J connectivity index is 1.83. The highest BCUT2D eigenvalue weighted by Gasteiger charge is 2.36. The lowest BCUT2D eigenvalue weighted by Gasteiger charge is -2.13. The van der Waals surface area contributed by atoms with Crippen molar-refractivity contribution < 1.29 is 12.9 Å². The van der Waals surface area contributed by atoms with E-state index in [2.05, 4.69) is 15.1 Å². The zero-order valence-electron chi connectivity index (χ0n) is 11.2. The number of aryl methyl sites for hydroxylation is 2. The highest BCUT2D eigenvalue weighted by atomic mass is 32.2. The van der Waals surface area contributed by atoms with Crippen LogP contribution in [-0.4, -0.2) is 45.5 Å². The first-order valence-electron chi connectivity index (χ1n) is 6.25. The Morgan fingerprint density at radius 1 is 1.45 bits per heavy atom. The molecule has 9 heteroatoms. The summed E-state index contributed by atoms with van der Waals surface area (Å²) in [5.74, 6) is 1.20. The van der Waals surface area contributed by atoms with E-state index in [1.54, 1.807) is 18.5 Å². The van der Waals surface area contributed by atoms with E-state index in [-0.39, 0.29) is 10.9 Å². The molecule has 8 nitrogen and oxygen atoms in total. The Labute approximate surface area is 116 Å². The Bertz CT molecular complexity index is 687. The number of aromatic nitrogens is 4. The zero-order valence-corrected chi connectivity index (χ0v) is 12.0. The van der Waals surface area contributed by atoms with Crippen LogP contribution in [0, 0.1) is 6.92 Å². The van der Waals surface area contributed by atoms with E-state index in [9.17, 15) is 8.42 Å². The molecule has 1 aliphatic rings. The second kappa shape index (κ2) is 4.67. The quantitative estimate of drug-likeness (QED) is 0.808. The van der Waals surface area contributed by atoms with Gasteiger partial charge in [-0.3, -0.25) is 0 Å². The van der Waals surface area contributed by atoms with Crippen LogP contribution in [0.4, 0.5) is 0 Å². The smallest absolute Gasteiger partial charge is 0.262 e. The van der Waals surface area contributed by atoms with Crippen LogP contribution in [0.5, 0.6) is 0 Å². The van der Waals surface area contributed by atoms with E-state index in [0.717, 1.165) is 0 Å². The summed E-state index contributed by atoms with van der Waals surface area (Å²) in [5, 5.41) is 3.87. The normalized spacial score (nSPS) is 20.6. The lowest BCUT2D eigenvalue weighted by molar-refractivity contribution is 0.403. The maximum Gasteiger partial charge on any atom is 0.262 e. The molecular formula is C11H15N5O3S. The molecule has 108 valence electrons. The van der Waals surface area contributed by atoms with Gasteiger partial charge >= 0.3 is 0 Å². The summed E-state index contributed by atoms with van der Waals surface area (Å²) in [6.45, 7) is 2.57. The van der Waals surface area contributed by atoms with Crippen LogP contribution in [0.25, 0.3) is 0 Å². The van der Waals surface area contributed by atoms with Crippen molar-refractivity contribution in [3.8, 4) is 0 Å². The van der Waals surface area contributed by atoms with E-state index in [0.29, 0.717) is 31.2 Å². The third kappa shape index (κ3) is 2.12. The van der Waals surface area contributed by atoms with Crippen molar-refractivity contribution in [2.75, 3.05) is 13.1 Å². The second-order valence-corrected chi connectivity index (χ2v) is 6.76. The minimum absolute atomic E-state index is 0.0201. The fourth-order valence-electron chi connectivity index (χ4n) is 2.30. The molecule has 20 heavy (non-hydrogen) atoms. The highest BCUT2D eigenvalue weighted by Crippen LogP contribution is 2.28. The first-order valence-corrected chi connectivity index (χ1v) is 7.69. The molecule has 3 rings (SSSR count). The van der Waals surface area contributed by atoms with E-state index in [4.69, 9.17) is 4.52 Å². The van der Waals surface area contributed by atoms with Gasteiger partial charge in [-0.25, -0.2) is 13.4 Å². The standard InChI is InChI=1S/C11H15N5O3S/c1-8-13-10(6-15(8)2)20(17,18)16-4-3-9(5-16)11-12-7-19-14-11/h6-7,9H,3-5H2,1-2H3. The molecule has 1 aliphatic heterocycles. The Hall–Kier alpha value is -1.74. The van der Waals surface area contributed by atoms with Crippen LogP contribution in [0.1, 0.15) is 24.0 Å². The summed E-state index contributed by atoms with van der Waals surface area (Å²) in [6, 6.07) is 0. The van der Waals surface area contributed by atoms with Gasteiger partial charge in [0.1, 0.15) is 5.82 Å². The lowest BCUT2D eigenvalue weighted by atomic mass is 10.1. The largest absolute Gasteiger partial charge is 0.343 e. The molecule has 2 aromatic rings. The average Bonchev–Trinajstić information content (AvgIpc) is 3.10. The summed E-state index contributed by atoms with van der Waals surface area (Å²) < 4.78 is 32.8. The number of rotatable bonds is 3. The van der Waals surface area contributed by atoms with Crippen molar-refractivity contribution >= 4 is 10.0 Å². The van der Waals surface area contributed by atoms with Gasteiger partial charge in [0.05, 0.1) is 0 Å². The average molecular weight is 297 g/mol. The number of hydrogen-bond donors (Lipinski definition) is 0. The molecule has 0 radical (unpaired) electrons. The first-order chi connectivity index (χ1) is 9.48. The molecule has 0 amide bonds. The van der Waals surface area contributed by atoms with Crippen molar-refractivity contribution in [3.05, 3.63) is 24.2 Å². The fourth-order valence-corrected chi connectivity index (χ4v) is 3.82. The van der Waals surface area contributed by atoms with Gasteiger partial charge < -0.3 is 9.09 Å². The topological polar surface area (TPSA) is 94.1 Å². The first kappa shape index (κ1) is 13.3. The molecule has 0 aliphatic carbocycles. The lowest BCUT2D eigenvalue weighted by Crippen LogP contribution is -2.29. The highest BCUT2D eigenvalue weighted by molar-refractivity contribution is 7.89. The molecule has 0 N–H and O–H groups in total. The number of nitrogens with zero attached hydrogens (tertiary/aromatic N) is 5. The predicted octanol–water partition coefficient (Wildman–Crippen LogP) is 0.290. The van der Waals surface area contributed by atoms with Gasteiger partial charge in [0, 0.05) is 32.3 Å². The van der Waals surface area contributed by atoms with E-state index < -0.39 is 10.0 Å². The Kier molecular flexibility index (Phi) is 3.09. The van der Waals surface area contributed by atoms with Crippen molar-refractivity contribution in [2.45, 2.75) is 24.3 Å². The van der Waals surface area contributed by atoms with E-state index >= 15 is 0 Å². The van der Waals surface area contributed by atoms with Crippen molar-refractivity contribution in [1.82, 2.24) is 24.0 Å². The van der Waals surface area contributed by atoms with Crippen LogP contribution >= 0.6 is 0 Å². The summed E-state index contributed by atoms with van der Waals surface area (Å²) >= 11 is 0. The second-order valence-electron chi connectivity index (χ2n) is 4.88. The van der Waals surface area contributed by atoms with E-state index in [1.165, 1.54) is 16.9 Å². The Morgan fingerprint density at radius 2 is 2.25 bits per heavy atom. The van der Waals surface area contributed by atoms with Crippen molar-refractivity contribution in [1.29, 1.82) is 0 Å². The fraction of sp³-hybridized carbons (Fsp3) is 0.545. The van der Waals surface area contributed by atoms with Gasteiger partial charge in [-0.2, -0.15) is 9.29 Å². The van der Waals surface area contributed by atoms with Crippen molar-refractivity contribution in [3.63, 3.8) is 0 Å². The molecule has 0 spiro atoms. The minimum atomic E-state index is -3.55. The SMILES string of the molecule is Cc1nc(S(=O)(=O)N2CCC(c3ncon3)C2)cn1C. The molecule has 1 atom stereocenters. The van der Waals surface area contributed by atoms with Crippen LogP contribution in [-0.2, 0) is 17.1 Å². The molecule has 3 heterocycles. The van der Waals surface area contributed by atoms with Gasteiger partial charge in [0.2, 0.25) is 6.39 Å². The number of hydrogen-bond acceptors (Lipinski definition) is 6.